The van der Waals surface area contributed by atoms with Gasteiger partial charge >= 0.3 is 0 Å². The van der Waals surface area contributed by atoms with Crippen molar-refractivity contribution in [3.05, 3.63) is 339 Å². The molecule has 0 atom stereocenters. The standard InChI is InChI=1S/C98H72BN5O/c1-97(2,3)64-46-53-88-77(56-64)78-57-65(98(4,5)6)47-54-89(78)100(88)66-48-52-80-92(59-66)105-93-60-67(101-82-39-21-14-32-71(82)72-33-15-22-40-83(72)101)58-91-94(93)99(80)79-51-45-63(55-90(79)102(91)81-38-20-13-31-68(81)61-27-9-7-10-28-61)70-50-49-69(62-29-11-8-12-30-62)95(103-84-41-23-16-34-73(84)74-35-17-24-42-85(74)103)96(70)104-86-43-25-18-36-75(86)76-37-19-26-44-87(76)104/h7-60H,1-6H3. The van der Waals surface area contributed by atoms with Crippen LogP contribution in [-0.2, 0) is 10.8 Å². The van der Waals surface area contributed by atoms with Gasteiger partial charge in [-0.2, -0.15) is 0 Å². The molecule has 19 aromatic rings. The van der Waals surface area contributed by atoms with Gasteiger partial charge in [-0.05, 0) is 140 Å². The van der Waals surface area contributed by atoms with Gasteiger partial charge in [-0.25, -0.2) is 0 Å². The molecule has 105 heavy (non-hydrogen) atoms. The molecule has 6 heterocycles. The summed E-state index contributed by atoms with van der Waals surface area (Å²) in [5.41, 5.74) is 29.2. The Kier molecular flexibility index (Phi) is 13.2. The fourth-order valence-electron chi connectivity index (χ4n) is 17.8. The third-order valence-electron chi connectivity index (χ3n) is 22.7. The highest BCUT2D eigenvalue weighted by atomic mass is 16.5. The molecule has 0 spiro atoms. The van der Waals surface area contributed by atoms with Gasteiger partial charge in [0.05, 0.1) is 66.9 Å². The molecule has 0 saturated carbocycles. The molecule has 0 radical (unpaired) electrons. The van der Waals surface area contributed by atoms with Crippen LogP contribution >= 0.6 is 0 Å². The number of rotatable bonds is 8. The zero-order valence-electron chi connectivity index (χ0n) is 59.4. The lowest BCUT2D eigenvalue weighted by Crippen LogP contribution is -2.59. The lowest BCUT2D eigenvalue weighted by Gasteiger charge is -2.41. The van der Waals surface area contributed by atoms with E-state index in [1.165, 1.54) is 59.7 Å². The van der Waals surface area contributed by atoms with Crippen molar-refractivity contribution in [3.8, 4) is 67.6 Å². The van der Waals surface area contributed by atoms with Crippen LogP contribution < -0.4 is 26.0 Å². The molecule has 0 bridgehead atoms. The third-order valence-corrected chi connectivity index (χ3v) is 22.7. The molecular weight excluding hydrogens is 1270 g/mol. The van der Waals surface area contributed by atoms with Gasteiger partial charge in [0.15, 0.2) is 0 Å². The van der Waals surface area contributed by atoms with E-state index in [-0.39, 0.29) is 17.5 Å². The van der Waals surface area contributed by atoms with Crippen LogP contribution in [0.1, 0.15) is 52.7 Å². The van der Waals surface area contributed by atoms with Crippen LogP contribution in [0.3, 0.4) is 0 Å². The fourth-order valence-corrected chi connectivity index (χ4v) is 17.8. The van der Waals surface area contributed by atoms with Gasteiger partial charge in [0.2, 0.25) is 0 Å². The van der Waals surface area contributed by atoms with Crippen molar-refractivity contribution in [2.75, 3.05) is 4.90 Å². The minimum atomic E-state index is -0.253. The summed E-state index contributed by atoms with van der Waals surface area (Å²) in [6.45, 7) is 13.6. The second-order valence-electron chi connectivity index (χ2n) is 30.8. The number of hydrogen-bond acceptors (Lipinski definition) is 2. The maximum absolute atomic E-state index is 7.81. The first-order chi connectivity index (χ1) is 51.4. The first-order valence-electron chi connectivity index (χ1n) is 36.8. The number of hydrogen-bond donors (Lipinski definition) is 0. The second-order valence-corrected chi connectivity index (χ2v) is 30.8. The molecule has 2 aliphatic heterocycles. The molecule has 6 nitrogen and oxygen atoms in total. The first kappa shape index (κ1) is 60.9. The number of anilines is 3. The van der Waals surface area contributed by atoms with E-state index in [4.69, 9.17) is 4.74 Å². The minimum absolute atomic E-state index is 0.0392. The Hall–Kier alpha value is -12.8. The average molecular weight is 1350 g/mol. The van der Waals surface area contributed by atoms with Crippen LogP contribution in [0.5, 0.6) is 11.5 Å². The second kappa shape index (κ2) is 22.8. The summed E-state index contributed by atoms with van der Waals surface area (Å²) in [4.78, 5) is 2.58. The lowest BCUT2D eigenvalue weighted by atomic mass is 9.34. The molecule has 2 aliphatic rings. The summed E-state index contributed by atoms with van der Waals surface area (Å²) in [6, 6.07) is 123. The van der Waals surface area contributed by atoms with Crippen molar-refractivity contribution < 1.29 is 4.74 Å². The number of fused-ring (bicyclic) bond motifs is 16. The summed E-state index contributed by atoms with van der Waals surface area (Å²) in [5, 5.41) is 9.69. The topological polar surface area (TPSA) is 32.2 Å². The van der Waals surface area contributed by atoms with Crippen molar-refractivity contribution in [1.82, 2.24) is 18.3 Å². The molecule has 0 saturated heterocycles. The normalized spacial score (nSPS) is 12.9. The van der Waals surface area contributed by atoms with Gasteiger partial charge in [0.25, 0.3) is 6.71 Å². The summed E-state index contributed by atoms with van der Waals surface area (Å²) in [5.74, 6) is 1.65. The molecular formula is C98H72BN5O. The molecule has 7 heteroatoms. The molecule has 4 aromatic heterocycles. The van der Waals surface area contributed by atoms with E-state index < -0.39 is 0 Å². The zero-order chi connectivity index (χ0) is 70.1. The van der Waals surface area contributed by atoms with E-state index in [0.29, 0.717) is 0 Å². The van der Waals surface area contributed by atoms with Crippen LogP contribution in [-0.4, -0.2) is 25.0 Å². The maximum Gasteiger partial charge on any atom is 0.256 e. The van der Waals surface area contributed by atoms with Gasteiger partial charge in [-0.1, -0.05) is 272 Å². The highest BCUT2D eigenvalue weighted by Crippen LogP contribution is 2.51. The smallest absolute Gasteiger partial charge is 0.256 e. The van der Waals surface area contributed by atoms with Crippen molar-refractivity contribution in [3.63, 3.8) is 0 Å². The van der Waals surface area contributed by atoms with Crippen LogP contribution in [0.15, 0.2) is 328 Å². The Balaban J connectivity index is 0.882. The van der Waals surface area contributed by atoms with E-state index in [1.807, 2.05) is 0 Å². The van der Waals surface area contributed by atoms with Crippen molar-refractivity contribution >= 4 is 127 Å². The Labute approximate surface area is 610 Å². The van der Waals surface area contributed by atoms with E-state index in [9.17, 15) is 0 Å². The molecule has 498 valence electrons. The largest absolute Gasteiger partial charge is 0.458 e. The summed E-state index contributed by atoms with van der Waals surface area (Å²) >= 11 is 0. The quantitative estimate of drug-likeness (QED) is 0.142. The summed E-state index contributed by atoms with van der Waals surface area (Å²) in [7, 11) is 0. The Bertz CT molecular complexity index is 6620. The summed E-state index contributed by atoms with van der Waals surface area (Å²) < 4.78 is 17.9. The molecule has 15 aromatic carbocycles. The number of para-hydroxylation sites is 7. The SMILES string of the molecule is CC(C)(C)c1ccc2c(c1)c1cc(C(C)(C)C)ccc1n2-c1ccc2c(c1)Oc1cc(-n3c4ccccc4c4ccccc43)cc3c1B2c1ccc(-c2ccc(-c4ccccc4)c(-n4c5ccccc5c5ccccc54)c2-n2c4ccccc4c4ccccc42)cc1N3c1ccccc1-c1ccccc1. The van der Waals surface area contributed by atoms with E-state index in [0.717, 1.165) is 140 Å². The van der Waals surface area contributed by atoms with Gasteiger partial charge < -0.3 is 27.9 Å². The molecule has 0 amide bonds. The van der Waals surface area contributed by atoms with Crippen LogP contribution in [0.2, 0.25) is 0 Å². The minimum Gasteiger partial charge on any atom is -0.458 e. The van der Waals surface area contributed by atoms with Crippen molar-refractivity contribution in [1.29, 1.82) is 0 Å². The van der Waals surface area contributed by atoms with Crippen molar-refractivity contribution in [2.24, 2.45) is 0 Å². The first-order valence-corrected chi connectivity index (χ1v) is 36.8. The molecule has 0 N–H and O–H groups in total. The molecule has 0 aliphatic carbocycles. The molecule has 0 fully saturated rings. The summed E-state index contributed by atoms with van der Waals surface area (Å²) in [6.07, 6.45) is 0. The third kappa shape index (κ3) is 9.17. The number of benzene rings is 15. The Morgan fingerprint density at radius 3 is 1.15 bits per heavy atom. The monoisotopic (exact) mass is 1350 g/mol. The van der Waals surface area contributed by atoms with Crippen molar-refractivity contribution in [2.45, 2.75) is 52.4 Å². The average Bonchev–Trinajstić information content (AvgIpc) is 1.37. The van der Waals surface area contributed by atoms with E-state index in [2.05, 4.69) is 392 Å². The highest BCUT2D eigenvalue weighted by molar-refractivity contribution is 6.99. The van der Waals surface area contributed by atoms with Gasteiger partial charge in [-0.15, -0.1) is 0 Å². The van der Waals surface area contributed by atoms with E-state index in [1.54, 1.807) is 0 Å². The van der Waals surface area contributed by atoms with Gasteiger partial charge in [0.1, 0.15) is 11.5 Å². The predicted molar refractivity (Wildman–Crippen MR) is 443 cm³/mol. The van der Waals surface area contributed by atoms with Crippen LogP contribution in [0.25, 0.3) is 143 Å². The van der Waals surface area contributed by atoms with Crippen LogP contribution in [0.4, 0.5) is 17.1 Å². The Morgan fingerprint density at radius 1 is 0.257 bits per heavy atom. The highest BCUT2D eigenvalue weighted by Gasteiger charge is 2.44. The fraction of sp³-hybridized carbons (Fsp3) is 0.0816. The number of ether oxygens (including phenoxy) is 1. The molecule has 21 rings (SSSR count). The lowest BCUT2D eigenvalue weighted by molar-refractivity contribution is 0.487. The van der Waals surface area contributed by atoms with Gasteiger partial charge in [-0.3, -0.25) is 0 Å². The number of aromatic nitrogens is 4. The predicted octanol–water partition coefficient (Wildman–Crippen LogP) is 24.1. The number of nitrogens with zero attached hydrogens (tertiary/aromatic N) is 5. The van der Waals surface area contributed by atoms with E-state index >= 15 is 0 Å². The molecule has 0 unspecified atom stereocenters. The zero-order valence-corrected chi connectivity index (χ0v) is 59.4. The maximum atomic E-state index is 7.81. The van der Waals surface area contributed by atoms with Crippen LogP contribution in [0, 0.1) is 0 Å². The van der Waals surface area contributed by atoms with Gasteiger partial charge in [0, 0.05) is 89.0 Å². The Morgan fingerprint density at radius 2 is 0.657 bits per heavy atom.